The van der Waals surface area contributed by atoms with Gasteiger partial charge in [0.25, 0.3) is 5.82 Å². The van der Waals surface area contributed by atoms with Gasteiger partial charge in [-0.25, -0.2) is 5.32 Å². The molecule has 0 aliphatic carbocycles. The molecule has 0 saturated carbocycles. The van der Waals surface area contributed by atoms with Crippen molar-refractivity contribution in [2.45, 2.75) is 0 Å². The van der Waals surface area contributed by atoms with Crippen molar-refractivity contribution in [1.29, 1.82) is 0 Å². The fourth-order valence-corrected chi connectivity index (χ4v) is 3.15. The van der Waals surface area contributed by atoms with E-state index >= 15 is 0 Å². The van der Waals surface area contributed by atoms with Gasteiger partial charge in [0.2, 0.25) is 5.78 Å². The number of benzene rings is 2. The van der Waals surface area contributed by atoms with E-state index in [9.17, 15) is 4.79 Å². The summed E-state index contributed by atoms with van der Waals surface area (Å²) < 4.78 is 1.92. The fraction of sp³-hybridized carbons (Fsp3) is 0.0909. The molecule has 0 unspecified atom stereocenters. The second kappa shape index (κ2) is 6.48. The monoisotopic (exact) mass is 342 g/mol. The van der Waals surface area contributed by atoms with E-state index in [1.807, 2.05) is 85.5 Å². The predicted molar refractivity (Wildman–Crippen MR) is 105 cm³/mol. The number of nitrogens with zero attached hydrogens (tertiary/aromatic N) is 2. The van der Waals surface area contributed by atoms with E-state index in [1.54, 1.807) is 0 Å². The Hall–Kier alpha value is -3.40. The molecule has 0 atom stereocenters. The van der Waals surface area contributed by atoms with Crippen molar-refractivity contribution in [2.75, 3.05) is 24.3 Å². The lowest BCUT2D eigenvalue weighted by Gasteiger charge is -2.12. The molecule has 2 heterocycles. The van der Waals surface area contributed by atoms with Gasteiger partial charge in [0.1, 0.15) is 11.3 Å². The maximum atomic E-state index is 13.0. The van der Waals surface area contributed by atoms with Gasteiger partial charge in [-0.1, -0.05) is 36.4 Å². The van der Waals surface area contributed by atoms with Crippen LogP contribution in [0.15, 0.2) is 79.0 Å². The Labute approximate surface area is 153 Å². The van der Waals surface area contributed by atoms with Gasteiger partial charge in [-0.15, -0.1) is 0 Å². The van der Waals surface area contributed by atoms with E-state index in [0.29, 0.717) is 11.3 Å². The van der Waals surface area contributed by atoms with Crippen molar-refractivity contribution in [2.24, 2.45) is 0 Å². The number of rotatable bonds is 4. The number of fused-ring (bicyclic) bond motifs is 1. The van der Waals surface area contributed by atoms with Gasteiger partial charge < -0.3 is 4.90 Å². The lowest BCUT2D eigenvalue weighted by Crippen LogP contribution is -2.36. The quantitative estimate of drug-likeness (QED) is 0.735. The molecule has 4 rings (SSSR count). The summed E-state index contributed by atoms with van der Waals surface area (Å²) in [7, 11) is 4.03. The first-order valence-corrected chi connectivity index (χ1v) is 8.55. The van der Waals surface area contributed by atoms with Crippen molar-refractivity contribution in [3.8, 4) is 0 Å². The van der Waals surface area contributed by atoms with Gasteiger partial charge in [0.05, 0.1) is 6.20 Å². The van der Waals surface area contributed by atoms with E-state index < -0.39 is 0 Å². The second-order valence-corrected chi connectivity index (χ2v) is 6.44. The summed E-state index contributed by atoms with van der Waals surface area (Å²) in [6.07, 6.45) is 1.92. The Morgan fingerprint density at radius 2 is 1.54 bits per heavy atom. The number of pyridine rings is 1. The molecule has 0 saturated heterocycles. The number of ketones is 1. The Morgan fingerprint density at radius 3 is 2.23 bits per heavy atom. The van der Waals surface area contributed by atoms with E-state index in [-0.39, 0.29) is 5.78 Å². The average molecular weight is 342 g/mol. The summed E-state index contributed by atoms with van der Waals surface area (Å²) in [5.74, 6) is 0.818. The molecule has 1 aliphatic heterocycles. The van der Waals surface area contributed by atoms with Crippen LogP contribution < -0.4 is 14.8 Å². The number of hydrogen-bond acceptors (Lipinski definition) is 3. The van der Waals surface area contributed by atoms with Crippen LogP contribution in [0.5, 0.6) is 0 Å². The molecule has 4 heteroatoms. The van der Waals surface area contributed by atoms with Gasteiger partial charge in [-0.2, -0.15) is 4.57 Å². The van der Waals surface area contributed by atoms with Crippen molar-refractivity contribution in [3.05, 3.63) is 90.3 Å². The maximum absolute atomic E-state index is 13.0. The van der Waals surface area contributed by atoms with Crippen LogP contribution in [0.1, 0.15) is 16.1 Å². The number of aromatic nitrogens is 1. The average Bonchev–Trinajstić information content (AvgIpc) is 2.95. The minimum Gasteiger partial charge on any atom is -0.378 e. The highest BCUT2D eigenvalue weighted by atomic mass is 16.1. The third-order valence-electron chi connectivity index (χ3n) is 4.51. The van der Waals surface area contributed by atoms with Crippen LogP contribution in [0.4, 0.5) is 11.4 Å². The molecule has 0 amide bonds. The topological polar surface area (TPSA) is 36.2 Å². The molecule has 2 aromatic carbocycles. The van der Waals surface area contributed by atoms with Gasteiger partial charge in [0.15, 0.2) is 5.69 Å². The SMILES string of the molecule is CN(C)c1ccc(NC2=C(c3ccccc3)C(=O)c3cccc[n+]32)cc1. The summed E-state index contributed by atoms with van der Waals surface area (Å²) >= 11 is 0. The number of carbonyl (C=O) groups is 1. The highest BCUT2D eigenvalue weighted by Gasteiger charge is 2.36. The summed E-state index contributed by atoms with van der Waals surface area (Å²) in [6, 6.07) is 23.6. The molecule has 128 valence electrons. The third kappa shape index (κ3) is 2.75. The predicted octanol–water partition coefficient (Wildman–Crippen LogP) is 3.67. The van der Waals surface area contributed by atoms with E-state index in [0.717, 1.165) is 22.8 Å². The summed E-state index contributed by atoms with van der Waals surface area (Å²) in [5, 5.41) is 3.45. The third-order valence-corrected chi connectivity index (χ3v) is 4.51. The van der Waals surface area contributed by atoms with Crippen LogP contribution in [0.3, 0.4) is 0 Å². The molecule has 4 nitrogen and oxygen atoms in total. The van der Waals surface area contributed by atoms with Gasteiger partial charge in [0, 0.05) is 19.8 Å². The molecule has 1 aromatic heterocycles. The van der Waals surface area contributed by atoms with E-state index in [2.05, 4.69) is 22.3 Å². The molecule has 1 N–H and O–H groups in total. The van der Waals surface area contributed by atoms with Crippen LogP contribution in [0, 0.1) is 0 Å². The zero-order valence-corrected chi connectivity index (χ0v) is 14.8. The summed E-state index contributed by atoms with van der Waals surface area (Å²) in [6.45, 7) is 0. The second-order valence-electron chi connectivity index (χ2n) is 6.44. The van der Waals surface area contributed by atoms with Crippen molar-refractivity contribution >= 4 is 28.6 Å². The largest absolute Gasteiger partial charge is 0.378 e. The molecule has 26 heavy (non-hydrogen) atoms. The Bertz CT molecular complexity index is 989. The Balaban J connectivity index is 1.80. The maximum Gasteiger partial charge on any atom is 0.297 e. The number of allylic oxidation sites excluding steroid dienone is 1. The number of carbonyl (C=O) groups excluding carboxylic acids is 1. The molecule has 1 aliphatic rings. The van der Waals surface area contributed by atoms with E-state index in [1.165, 1.54) is 0 Å². The molecule has 0 spiro atoms. The number of nitrogens with one attached hydrogen (secondary N) is 1. The smallest absolute Gasteiger partial charge is 0.297 e. The van der Waals surface area contributed by atoms with Crippen molar-refractivity contribution in [3.63, 3.8) is 0 Å². The van der Waals surface area contributed by atoms with Gasteiger partial charge in [-0.3, -0.25) is 4.79 Å². The molecule has 3 aromatic rings. The zero-order valence-electron chi connectivity index (χ0n) is 14.8. The molecule has 0 bridgehead atoms. The standard InChI is InChI=1S/C22H19N3O/c1-24(2)18-13-11-17(12-14-18)23-22-20(16-8-4-3-5-9-16)21(26)19-10-6-7-15-25(19)22/h3-15H,1-2H3/p+1. The number of anilines is 2. The molecule has 0 fully saturated rings. The lowest BCUT2D eigenvalue weighted by atomic mass is 10.0. The zero-order chi connectivity index (χ0) is 18.1. The van der Waals surface area contributed by atoms with Crippen LogP contribution in [0.25, 0.3) is 11.4 Å². The summed E-state index contributed by atoms with van der Waals surface area (Å²) in [5.41, 5.74) is 4.33. The molecule has 0 radical (unpaired) electrons. The number of hydrogen-bond donors (Lipinski definition) is 1. The minimum absolute atomic E-state index is 0.0317. The Kier molecular flexibility index (Phi) is 4.01. The lowest BCUT2D eigenvalue weighted by molar-refractivity contribution is -0.579. The first-order valence-electron chi connectivity index (χ1n) is 8.55. The van der Waals surface area contributed by atoms with Crippen molar-refractivity contribution < 1.29 is 9.36 Å². The first-order chi connectivity index (χ1) is 12.6. The highest BCUT2D eigenvalue weighted by molar-refractivity contribution is 6.34. The Morgan fingerprint density at radius 1 is 0.846 bits per heavy atom. The molecular weight excluding hydrogens is 322 g/mol. The van der Waals surface area contributed by atoms with Crippen LogP contribution >= 0.6 is 0 Å². The fourth-order valence-electron chi connectivity index (χ4n) is 3.15. The van der Waals surface area contributed by atoms with Crippen molar-refractivity contribution in [1.82, 2.24) is 0 Å². The summed E-state index contributed by atoms with van der Waals surface area (Å²) in [4.78, 5) is 15.1. The van der Waals surface area contributed by atoms with E-state index in [4.69, 9.17) is 0 Å². The number of Topliss-reactive ketones (excluding diaryl/α,β-unsaturated/α-hetero) is 1. The van der Waals surface area contributed by atoms with Gasteiger partial charge >= 0.3 is 0 Å². The van der Waals surface area contributed by atoms with Crippen LogP contribution in [-0.2, 0) is 0 Å². The first kappa shape index (κ1) is 16.1. The van der Waals surface area contributed by atoms with Crippen LogP contribution in [0.2, 0.25) is 0 Å². The minimum atomic E-state index is 0.0317. The highest BCUT2D eigenvalue weighted by Crippen LogP contribution is 2.29. The van der Waals surface area contributed by atoms with Gasteiger partial charge in [-0.05, 0) is 42.0 Å². The molecular formula is C22H20N3O+. The van der Waals surface area contributed by atoms with Crippen LogP contribution in [-0.4, -0.2) is 19.9 Å². The normalized spacial score (nSPS) is 12.9.